The zero-order valence-electron chi connectivity index (χ0n) is 7.30. The van der Waals surface area contributed by atoms with Crippen LogP contribution in [0.15, 0.2) is 0 Å². The van der Waals surface area contributed by atoms with E-state index in [0.29, 0.717) is 0 Å². The highest BCUT2D eigenvalue weighted by molar-refractivity contribution is 9.09. The lowest BCUT2D eigenvalue weighted by molar-refractivity contribution is 0.232. The Hall–Kier alpha value is 0.250. The van der Waals surface area contributed by atoms with Crippen LogP contribution < -0.4 is 4.72 Å². The van der Waals surface area contributed by atoms with E-state index in [1.54, 1.807) is 0 Å². The summed E-state index contributed by atoms with van der Waals surface area (Å²) in [6.45, 7) is 3.69. The fourth-order valence-electron chi connectivity index (χ4n) is 0.494. The van der Waals surface area contributed by atoms with Crippen LogP contribution in [-0.4, -0.2) is 25.5 Å². The maximum absolute atomic E-state index is 11.8. The predicted octanol–water partition coefficient (Wildman–Crippen LogP) is 1.55. The van der Waals surface area contributed by atoms with Crippen molar-refractivity contribution in [1.29, 1.82) is 0 Å². The third-order valence-corrected chi connectivity index (χ3v) is 3.86. The van der Waals surface area contributed by atoms with Gasteiger partial charge in [-0.15, -0.1) is 0 Å². The summed E-state index contributed by atoms with van der Waals surface area (Å²) in [5.74, 6) is -3.18. The Labute approximate surface area is 85.1 Å². The third kappa shape index (κ3) is 4.87. The number of halogens is 3. The molecular weight excluding hydrogens is 268 g/mol. The molecule has 0 saturated heterocycles. The topological polar surface area (TPSA) is 46.2 Å². The van der Waals surface area contributed by atoms with Crippen molar-refractivity contribution in [1.82, 2.24) is 4.72 Å². The van der Waals surface area contributed by atoms with Gasteiger partial charge >= 0.3 is 5.76 Å². The molecule has 0 saturated carbocycles. The van der Waals surface area contributed by atoms with Crippen molar-refractivity contribution < 1.29 is 17.2 Å². The number of hydrogen-bond donors (Lipinski definition) is 1. The number of nitrogens with one attached hydrogen (secondary N) is 1. The van der Waals surface area contributed by atoms with Crippen molar-refractivity contribution in [3.05, 3.63) is 0 Å². The Balaban J connectivity index is 4.04. The van der Waals surface area contributed by atoms with Crippen LogP contribution in [0, 0.1) is 5.92 Å². The van der Waals surface area contributed by atoms with E-state index < -0.39 is 15.8 Å². The average molecular weight is 280 g/mol. The number of sulfonamides is 1. The van der Waals surface area contributed by atoms with Gasteiger partial charge in [0.05, 0.1) is 0 Å². The molecule has 3 nitrogen and oxygen atoms in total. The molecule has 0 fully saturated rings. The molecule has 0 rings (SSSR count). The first kappa shape index (κ1) is 13.2. The minimum Gasteiger partial charge on any atom is -0.209 e. The lowest BCUT2D eigenvalue weighted by Crippen LogP contribution is -2.35. The summed E-state index contributed by atoms with van der Waals surface area (Å²) in [7, 11) is -4.44. The average Bonchev–Trinajstić information content (AvgIpc) is 1.99. The molecule has 0 aromatic heterocycles. The molecule has 1 atom stereocenters. The maximum Gasteiger partial charge on any atom is 0.350 e. The zero-order chi connectivity index (χ0) is 10.6. The summed E-state index contributed by atoms with van der Waals surface area (Å²) in [4.78, 5) is -0.138. The summed E-state index contributed by atoms with van der Waals surface area (Å²) in [5, 5.41) is 0. The van der Waals surface area contributed by atoms with Crippen LogP contribution in [0.3, 0.4) is 0 Å². The smallest absolute Gasteiger partial charge is 0.209 e. The molecule has 1 N–H and O–H groups in total. The Morgan fingerprint density at radius 3 is 2.15 bits per heavy atom. The first-order valence-electron chi connectivity index (χ1n) is 3.68. The van der Waals surface area contributed by atoms with E-state index in [2.05, 4.69) is 15.9 Å². The Kier molecular flexibility index (Phi) is 5.31. The fraction of sp³-hybridized carbons (Fsp3) is 1.00. The molecule has 0 aromatic carbocycles. The van der Waals surface area contributed by atoms with Gasteiger partial charge in [-0.3, -0.25) is 0 Å². The van der Waals surface area contributed by atoms with Gasteiger partial charge in [0.1, 0.15) is 0 Å². The molecule has 0 radical (unpaired) electrons. The molecule has 0 heterocycles. The van der Waals surface area contributed by atoms with Crippen LogP contribution in [0.25, 0.3) is 0 Å². The molecule has 0 spiro atoms. The quantitative estimate of drug-likeness (QED) is 0.777. The van der Waals surface area contributed by atoms with Gasteiger partial charge < -0.3 is 0 Å². The molecule has 0 aliphatic carbocycles. The van der Waals surface area contributed by atoms with Gasteiger partial charge in [-0.1, -0.05) is 29.8 Å². The van der Waals surface area contributed by atoms with Crippen molar-refractivity contribution in [2.45, 2.75) is 24.4 Å². The number of hydrogen-bond acceptors (Lipinski definition) is 2. The van der Waals surface area contributed by atoms with Crippen molar-refractivity contribution in [2.75, 3.05) is 6.54 Å². The van der Waals surface area contributed by atoms with Crippen LogP contribution in [0.1, 0.15) is 13.8 Å². The van der Waals surface area contributed by atoms with Gasteiger partial charge in [-0.2, -0.15) is 8.78 Å². The van der Waals surface area contributed by atoms with E-state index in [4.69, 9.17) is 0 Å². The predicted molar refractivity (Wildman–Crippen MR) is 50.5 cm³/mol. The Morgan fingerprint density at radius 1 is 1.38 bits per heavy atom. The van der Waals surface area contributed by atoms with Crippen molar-refractivity contribution in [3.63, 3.8) is 0 Å². The second kappa shape index (κ2) is 5.21. The van der Waals surface area contributed by atoms with E-state index in [9.17, 15) is 17.2 Å². The fourth-order valence-corrected chi connectivity index (χ4v) is 1.41. The van der Waals surface area contributed by atoms with E-state index in [-0.39, 0.29) is 17.3 Å². The van der Waals surface area contributed by atoms with Gasteiger partial charge in [-0.25, -0.2) is 13.1 Å². The third-order valence-electron chi connectivity index (χ3n) is 1.44. The van der Waals surface area contributed by atoms with Crippen LogP contribution in [0.5, 0.6) is 0 Å². The maximum atomic E-state index is 11.8. The van der Waals surface area contributed by atoms with E-state index >= 15 is 0 Å². The molecule has 0 bridgehead atoms. The minimum absolute atomic E-state index is 0.0235. The summed E-state index contributed by atoms with van der Waals surface area (Å²) in [6.07, 6.45) is 0. The van der Waals surface area contributed by atoms with Gasteiger partial charge in [0.25, 0.3) is 10.0 Å². The van der Waals surface area contributed by atoms with Gasteiger partial charge in [0.2, 0.25) is 0 Å². The largest absolute Gasteiger partial charge is 0.350 e. The Bertz CT molecular complexity index is 243. The van der Waals surface area contributed by atoms with Crippen molar-refractivity contribution in [2.24, 2.45) is 5.92 Å². The summed E-state index contributed by atoms with van der Waals surface area (Å²) >= 11 is 3.17. The zero-order valence-corrected chi connectivity index (χ0v) is 9.70. The molecule has 0 aliphatic rings. The molecule has 1 unspecified atom stereocenters. The lowest BCUT2D eigenvalue weighted by atomic mass is 10.1. The van der Waals surface area contributed by atoms with Crippen LogP contribution >= 0.6 is 15.9 Å². The van der Waals surface area contributed by atoms with Gasteiger partial charge in [0, 0.05) is 11.4 Å². The highest BCUT2D eigenvalue weighted by atomic mass is 79.9. The minimum atomic E-state index is -4.44. The van der Waals surface area contributed by atoms with E-state index in [1.165, 1.54) is 0 Å². The Morgan fingerprint density at radius 2 is 1.85 bits per heavy atom. The lowest BCUT2D eigenvalue weighted by Gasteiger charge is -2.14. The highest BCUT2D eigenvalue weighted by Crippen LogP contribution is 2.11. The van der Waals surface area contributed by atoms with Crippen LogP contribution in [0.2, 0.25) is 0 Å². The first-order chi connectivity index (χ1) is 5.77. The summed E-state index contributed by atoms with van der Waals surface area (Å²) in [6, 6.07) is 0. The number of rotatable bonds is 5. The van der Waals surface area contributed by atoms with Crippen LogP contribution in [-0.2, 0) is 10.0 Å². The molecule has 0 aromatic rings. The molecule has 80 valence electrons. The monoisotopic (exact) mass is 279 g/mol. The van der Waals surface area contributed by atoms with Gasteiger partial charge in [0.15, 0.2) is 0 Å². The van der Waals surface area contributed by atoms with Crippen molar-refractivity contribution >= 4 is 26.0 Å². The number of alkyl halides is 3. The second-order valence-electron chi connectivity index (χ2n) is 2.91. The highest BCUT2D eigenvalue weighted by Gasteiger charge is 2.24. The SMILES string of the molecule is CC(C)C(Br)CNS(=O)(=O)C(F)F. The normalized spacial score (nSPS) is 15.3. The second-order valence-corrected chi connectivity index (χ2v) is 5.83. The summed E-state index contributed by atoms with van der Waals surface area (Å²) < 4.78 is 46.6. The summed E-state index contributed by atoms with van der Waals surface area (Å²) in [5.41, 5.74) is 0. The van der Waals surface area contributed by atoms with Crippen molar-refractivity contribution in [3.8, 4) is 0 Å². The van der Waals surface area contributed by atoms with Crippen LogP contribution in [0.4, 0.5) is 8.78 Å². The molecular formula is C6H12BrF2NO2S. The van der Waals surface area contributed by atoms with E-state index in [0.717, 1.165) is 0 Å². The molecule has 0 aliphatic heterocycles. The molecule has 7 heteroatoms. The molecule has 0 amide bonds. The first-order valence-corrected chi connectivity index (χ1v) is 6.14. The van der Waals surface area contributed by atoms with Gasteiger partial charge in [-0.05, 0) is 5.92 Å². The standard InChI is InChI=1S/C6H12BrF2NO2S/c1-4(2)5(7)3-10-13(11,12)6(8)9/h4-6,10H,3H2,1-2H3. The molecule has 13 heavy (non-hydrogen) atoms. The van der Waals surface area contributed by atoms with E-state index in [1.807, 2.05) is 18.6 Å².